The number of carbonyl (C=O) groups is 1. The lowest BCUT2D eigenvalue weighted by molar-refractivity contribution is -0.137. The van der Waals surface area contributed by atoms with E-state index in [9.17, 15) is 14.4 Å². The zero-order chi connectivity index (χ0) is 13.4. The van der Waals surface area contributed by atoms with E-state index in [1.165, 1.54) is 16.2 Å². The van der Waals surface area contributed by atoms with Crippen LogP contribution in [0.1, 0.15) is 6.42 Å². The number of nitrogens with zero attached hydrogens (tertiary/aromatic N) is 3. The Bertz CT molecular complexity index is 741. The second-order valence-electron chi connectivity index (χ2n) is 3.67. The molecule has 0 saturated heterocycles. The van der Waals surface area contributed by atoms with Gasteiger partial charge in [-0.05, 0) is 15.9 Å². The quantitative estimate of drug-likeness (QED) is 0.753. The number of aliphatic carboxylic acids is 1. The van der Waals surface area contributed by atoms with Crippen LogP contribution >= 0.6 is 15.9 Å². The van der Waals surface area contributed by atoms with Gasteiger partial charge >= 0.3 is 11.7 Å². The monoisotopic (exact) mass is 316 g/mol. The van der Waals surface area contributed by atoms with E-state index in [2.05, 4.69) is 25.9 Å². The van der Waals surface area contributed by atoms with Crippen LogP contribution in [0.25, 0.3) is 11.2 Å². The molecule has 0 aromatic carbocycles. The molecule has 0 radical (unpaired) electrons. The van der Waals surface area contributed by atoms with Crippen LogP contribution in [0.5, 0.6) is 0 Å². The highest BCUT2D eigenvalue weighted by molar-refractivity contribution is 9.10. The predicted molar refractivity (Wildman–Crippen MR) is 65.5 cm³/mol. The van der Waals surface area contributed by atoms with E-state index in [0.29, 0.717) is 4.73 Å². The fourth-order valence-corrected chi connectivity index (χ4v) is 2.14. The van der Waals surface area contributed by atoms with Gasteiger partial charge in [0.25, 0.3) is 5.56 Å². The Morgan fingerprint density at radius 3 is 2.78 bits per heavy atom. The van der Waals surface area contributed by atoms with Crippen LogP contribution in [0.2, 0.25) is 0 Å². The number of carboxylic acid groups (broad SMARTS) is 1. The molecule has 0 aliphatic carbocycles. The number of rotatable bonds is 3. The summed E-state index contributed by atoms with van der Waals surface area (Å²) in [4.78, 5) is 39.9. The molecule has 0 atom stereocenters. The molecule has 2 rings (SSSR count). The number of aromatic nitrogens is 4. The van der Waals surface area contributed by atoms with Gasteiger partial charge in [0.05, 0.1) is 6.42 Å². The molecule has 0 spiro atoms. The minimum absolute atomic E-state index is 0.0910. The van der Waals surface area contributed by atoms with Crippen LogP contribution < -0.4 is 11.2 Å². The van der Waals surface area contributed by atoms with Gasteiger partial charge in [-0.25, -0.2) is 9.78 Å². The highest BCUT2D eigenvalue weighted by atomic mass is 79.9. The number of H-pyrrole nitrogens is 1. The van der Waals surface area contributed by atoms with Crippen molar-refractivity contribution in [1.82, 2.24) is 19.1 Å². The van der Waals surface area contributed by atoms with Crippen molar-refractivity contribution in [1.29, 1.82) is 0 Å². The fraction of sp³-hybridized carbons (Fsp3) is 0.333. The first-order chi connectivity index (χ1) is 8.41. The van der Waals surface area contributed by atoms with E-state index in [1.807, 2.05) is 0 Å². The molecule has 96 valence electrons. The minimum atomic E-state index is -0.981. The summed E-state index contributed by atoms with van der Waals surface area (Å²) in [7, 11) is 1.47. The molecular formula is C9H9BrN4O4. The molecule has 2 heterocycles. The van der Waals surface area contributed by atoms with Gasteiger partial charge in [0.1, 0.15) is 0 Å². The molecule has 0 amide bonds. The molecule has 0 aliphatic rings. The molecular weight excluding hydrogens is 308 g/mol. The lowest BCUT2D eigenvalue weighted by Gasteiger charge is -2.03. The second-order valence-corrected chi connectivity index (χ2v) is 4.38. The summed E-state index contributed by atoms with van der Waals surface area (Å²) in [6.07, 6.45) is -0.146. The van der Waals surface area contributed by atoms with Gasteiger partial charge in [0.2, 0.25) is 0 Å². The van der Waals surface area contributed by atoms with E-state index in [4.69, 9.17) is 5.11 Å². The Labute approximate surface area is 108 Å². The van der Waals surface area contributed by atoms with Crippen molar-refractivity contribution in [3.8, 4) is 0 Å². The summed E-state index contributed by atoms with van der Waals surface area (Å²) >= 11 is 3.14. The molecule has 0 aliphatic heterocycles. The number of hydrogen-bond acceptors (Lipinski definition) is 4. The summed E-state index contributed by atoms with van der Waals surface area (Å²) in [6.45, 7) is 0.0910. The van der Waals surface area contributed by atoms with E-state index in [0.717, 1.165) is 0 Å². The smallest absolute Gasteiger partial charge is 0.329 e. The van der Waals surface area contributed by atoms with E-state index < -0.39 is 17.2 Å². The number of halogens is 1. The number of imidazole rings is 1. The van der Waals surface area contributed by atoms with Crippen LogP contribution in [-0.4, -0.2) is 30.2 Å². The molecule has 2 aromatic rings. The van der Waals surface area contributed by atoms with Crippen LogP contribution in [-0.2, 0) is 18.4 Å². The summed E-state index contributed by atoms with van der Waals surface area (Å²) < 4.78 is 2.92. The van der Waals surface area contributed by atoms with Gasteiger partial charge in [-0.3, -0.25) is 19.1 Å². The van der Waals surface area contributed by atoms with Crippen molar-refractivity contribution in [2.75, 3.05) is 0 Å². The van der Waals surface area contributed by atoms with Gasteiger partial charge in [0, 0.05) is 13.6 Å². The molecule has 9 heteroatoms. The molecule has 0 saturated carbocycles. The van der Waals surface area contributed by atoms with Crippen LogP contribution in [0, 0.1) is 0 Å². The number of aromatic amines is 1. The number of nitrogens with one attached hydrogen (secondary N) is 1. The number of carboxylic acids is 1. The topological polar surface area (TPSA) is 110 Å². The van der Waals surface area contributed by atoms with Gasteiger partial charge < -0.3 is 9.67 Å². The van der Waals surface area contributed by atoms with Crippen molar-refractivity contribution in [3.63, 3.8) is 0 Å². The number of aryl methyl sites for hydroxylation is 2. The lowest BCUT2D eigenvalue weighted by Crippen LogP contribution is -2.29. The average molecular weight is 317 g/mol. The molecule has 0 bridgehead atoms. The van der Waals surface area contributed by atoms with Crippen molar-refractivity contribution < 1.29 is 9.90 Å². The highest BCUT2D eigenvalue weighted by Gasteiger charge is 2.16. The van der Waals surface area contributed by atoms with Gasteiger partial charge in [-0.1, -0.05) is 0 Å². The van der Waals surface area contributed by atoms with Gasteiger partial charge in [-0.2, -0.15) is 0 Å². The zero-order valence-corrected chi connectivity index (χ0v) is 10.9. The third-order valence-electron chi connectivity index (χ3n) is 2.51. The maximum atomic E-state index is 11.7. The summed E-state index contributed by atoms with van der Waals surface area (Å²) in [6, 6.07) is 0. The van der Waals surface area contributed by atoms with Crippen molar-refractivity contribution in [3.05, 3.63) is 25.6 Å². The van der Waals surface area contributed by atoms with Crippen LogP contribution in [0.3, 0.4) is 0 Å². The molecule has 2 N–H and O–H groups in total. The third-order valence-corrected chi connectivity index (χ3v) is 3.12. The van der Waals surface area contributed by atoms with Crippen molar-refractivity contribution in [2.45, 2.75) is 13.0 Å². The first-order valence-corrected chi connectivity index (χ1v) is 5.78. The maximum Gasteiger partial charge on any atom is 0.329 e. The maximum absolute atomic E-state index is 11.7. The normalized spacial score (nSPS) is 11.0. The molecule has 2 aromatic heterocycles. The average Bonchev–Trinajstić information content (AvgIpc) is 2.61. The van der Waals surface area contributed by atoms with Gasteiger partial charge in [-0.15, -0.1) is 0 Å². The highest BCUT2D eigenvalue weighted by Crippen LogP contribution is 2.16. The molecule has 18 heavy (non-hydrogen) atoms. The third kappa shape index (κ3) is 1.96. The standard InChI is InChI=1S/C9H9BrN4O4/c1-13-6-5(7(17)12-9(13)18)14(8(10)11-6)3-2-4(15)16/h2-3H2,1H3,(H,15,16)(H,12,17,18). The summed E-state index contributed by atoms with van der Waals surface area (Å²) in [5.41, 5.74) is -0.772. The zero-order valence-electron chi connectivity index (χ0n) is 9.31. The minimum Gasteiger partial charge on any atom is -0.481 e. The van der Waals surface area contributed by atoms with Crippen LogP contribution in [0.15, 0.2) is 14.3 Å². The molecule has 0 unspecified atom stereocenters. The van der Waals surface area contributed by atoms with Crippen LogP contribution in [0.4, 0.5) is 0 Å². The largest absolute Gasteiger partial charge is 0.481 e. The Balaban J connectivity index is 2.71. The first kappa shape index (κ1) is 12.6. The summed E-state index contributed by atoms with van der Waals surface area (Å²) in [5.74, 6) is -0.981. The molecule has 0 fully saturated rings. The predicted octanol–water partition coefficient (Wildman–Crippen LogP) is -0.340. The van der Waals surface area contributed by atoms with Crippen molar-refractivity contribution >= 4 is 33.1 Å². The van der Waals surface area contributed by atoms with E-state index in [1.54, 1.807) is 0 Å². The summed E-state index contributed by atoms with van der Waals surface area (Å²) in [5, 5.41) is 8.65. The lowest BCUT2D eigenvalue weighted by atomic mass is 10.4. The Morgan fingerprint density at radius 1 is 1.50 bits per heavy atom. The fourth-order valence-electron chi connectivity index (χ4n) is 1.62. The molecule has 8 nitrogen and oxygen atoms in total. The second kappa shape index (κ2) is 4.41. The van der Waals surface area contributed by atoms with Crippen molar-refractivity contribution in [2.24, 2.45) is 7.05 Å². The first-order valence-electron chi connectivity index (χ1n) is 4.98. The number of fused-ring (bicyclic) bond motifs is 1. The van der Waals surface area contributed by atoms with E-state index in [-0.39, 0.29) is 24.1 Å². The SMILES string of the molecule is Cn1c(=O)[nH]c(=O)c2c1nc(Br)n2CCC(=O)O. The van der Waals surface area contributed by atoms with Gasteiger partial charge in [0.15, 0.2) is 15.9 Å². The number of hydrogen-bond donors (Lipinski definition) is 2. The Morgan fingerprint density at radius 2 is 2.17 bits per heavy atom. The Kier molecular flexibility index (Phi) is 3.07. The van der Waals surface area contributed by atoms with E-state index >= 15 is 0 Å². The Hall–Kier alpha value is -1.90.